The van der Waals surface area contributed by atoms with E-state index in [1.165, 1.54) is 4.90 Å². The number of ether oxygens (including phenoxy) is 3. The van der Waals surface area contributed by atoms with E-state index in [2.05, 4.69) is 0 Å². The molecule has 0 spiro atoms. The Labute approximate surface area is 206 Å². The third kappa shape index (κ3) is 7.82. The Morgan fingerprint density at radius 2 is 1.60 bits per heavy atom. The smallest absolute Gasteiger partial charge is 0.410 e. The minimum absolute atomic E-state index is 0.103. The summed E-state index contributed by atoms with van der Waals surface area (Å²) in [6.45, 7) is 5.11. The van der Waals surface area contributed by atoms with E-state index in [1.807, 2.05) is 67.6 Å². The molecule has 2 aromatic carbocycles. The lowest BCUT2D eigenvalue weighted by atomic mass is 10.1. The van der Waals surface area contributed by atoms with Crippen LogP contribution >= 0.6 is 0 Å². The Morgan fingerprint density at radius 1 is 0.971 bits per heavy atom. The number of carbonyl (C=O) groups excluding carboxylic acids is 3. The minimum atomic E-state index is -0.777. The van der Waals surface area contributed by atoms with Crippen LogP contribution in [-0.2, 0) is 37.0 Å². The number of esters is 1. The molecule has 35 heavy (non-hydrogen) atoms. The molecule has 8 nitrogen and oxygen atoms in total. The highest BCUT2D eigenvalue weighted by Crippen LogP contribution is 2.19. The van der Waals surface area contributed by atoms with Crippen molar-refractivity contribution < 1.29 is 28.6 Å². The Bertz CT molecular complexity index is 953. The maximum absolute atomic E-state index is 13.0. The van der Waals surface area contributed by atoms with Crippen LogP contribution in [0.5, 0.6) is 0 Å². The van der Waals surface area contributed by atoms with Gasteiger partial charge >= 0.3 is 12.1 Å². The highest BCUT2D eigenvalue weighted by atomic mass is 16.6. The van der Waals surface area contributed by atoms with Gasteiger partial charge in [-0.25, -0.2) is 9.59 Å². The second kappa shape index (κ2) is 13.5. The zero-order valence-electron chi connectivity index (χ0n) is 20.4. The van der Waals surface area contributed by atoms with Crippen molar-refractivity contribution in [3.05, 3.63) is 71.8 Å². The summed E-state index contributed by atoms with van der Waals surface area (Å²) < 4.78 is 16.5. The van der Waals surface area contributed by atoms with Crippen LogP contribution in [0.15, 0.2) is 60.7 Å². The molecule has 188 valence electrons. The molecule has 2 amide bonds. The maximum atomic E-state index is 13.0. The van der Waals surface area contributed by atoms with Crippen molar-refractivity contribution in [1.29, 1.82) is 0 Å². The monoisotopic (exact) mass is 482 g/mol. The summed E-state index contributed by atoms with van der Waals surface area (Å²) in [6, 6.07) is 18.1. The van der Waals surface area contributed by atoms with Gasteiger partial charge in [-0.2, -0.15) is 0 Å². The molecule has 3 rings (SSSR count). The van der Waals surface area contributed by atoms with Gasteiger partial charge in [-0.1, -0.05) is 60.7 Å². The average molecular weight is 483 g/mol. The van der Waals surface area contributed by atoms with Crippen molar-refractivity contribution in [1.82, 2.24) is 9.80 Å². The molecule has 1 saturated heterocycles. The second-order valence-electron chi connectivity index (χ2n) is 8.47. The van der Waals surface area contributed by atoms with Crippen molar-refractivity contribution in [2.75, 3.05) is 26.3 Å². The largest absolute Gasteiger partial charge is 0.464 e. The Kier molecular flexibility index (Phi) is 10.1. The molecule has 0 N–H and O–H groups in total. The second-order valence-corrected chi connectivity index (χ2v) is 8.47. The molecule has 1 fully saturated rings. The predicted octanol–water partition coefficient (Wildman–Crippen LogP) is 3.78. The first-order valence-electron chi connectivity index (χ1n) is 12.0. The SMILES string of the molecule is CCOC(=O)[C@H](CCOCc1ccccc1)N1CC(C)N(C(=O)OCc2ccccc2)CCC1=O. The molecule has 0 aromatic heterocycles. The highest BCUT2D eigenvalue weighted by molar-refractivity contribution is 5.85. The first-order chi connectivity index (χ1) is 17.0. The van der Waals surface area contributed by atoms with Gasteiger partial charge in [0.15, 0.2) is 0 Å². The third-order valence-electron chi connectivity index (χ3n) is 5.90. The fraction of sp³-hybridized carbons (Fsp3) is 0.444. The number of benzene rings is 2. The molecule has 0 radical (unpaired) electrons. The Hall–Kier alpha value is -3.39. The molecule has 1 heterocycles. The van der Waals surface area contributed by atoms with E-state index in [4.69, 9.17) is 14.2 Å². The molecule has 2 aromatic rings. The topological polar surface area (TPSA) is 85.4 Å². The summed E-state index contributed by atoms with van der Waals surface area (Å²) in [7, 11) is 0. The van der Waals surface area contributed by atoms with Crippen LogP contribution in [0.1, 0.15) is 37.8 Å². The molecule has 1 aliphatic rings. The van der Waals surface area contributed by atoms with Gasteiger partial charge in [0.25, 0.3) is 0 Å². The van der Waals surface area contributed by atoms with Gasteiger partial charge in [0.2, 0.25) is 5.91 Å². The summed E-state index contributed by atoms with van der Waals surface area (Å²) >= 11 is 0. The van der Waals surface area contributed by atoms with E-state index in [9.17, 15) is 14.4 Å². The van der Waals surface area contributed by atoms with Crippen molar-refractivity contribution in [2.24, 2.45) is 0 Å². The van der Waals surface area contributed by atoms with Gasteiger partial charge in [-0.15, -0.1) is 0 Å². The number of amides is 2. The number of nitrogens with zero attached hydrogens (tertiary/aromatic N) is 2. The fourth-order valence-electron chi connectivity index (χ4n) is 4.04. The lowest BCUT2D eigenvalue weighted by molar-refractivity contribution is -0.155. The molecular formula is C27H34N2O6. The molecule has 0 aliphatic carbocycles. The van der Waals surface area contributed by atoms with E-state index < -0.39 is 18.1 Å². The highest BCUT2D eigenvalue weighted by Gasteiger charge is 2.37. The van der Waals surface area contributed by atoms with Gasteiger partial charge in [-0.3, -0.25) is 4.79 Å². The third-order valence-corrected chi connectivity index (χ3v) is 5.90. The number of hydrogen-bond donors (Lipinski definition) is 0. The van der Waals surface area contributed by atoms with E-state index in [1.54, 1.807) is 11.8 Å². The summed E-state index contributed by atoms with van der Waals surface area (Å²) in [5.41, 5.74) is 1.92. The van der Waals surface area contributed by atoms with Crippen LogP contribution in [0, 0.1) is 0 Å². The van der Waals surface area contributed by atoms with E-state index in [-0.39, 0.29) is 44.7 Å². The Morgan fingerprint density at radius 3 is 2.23 bits per heavy atom. The lowest BCUT2D eigenvalue weighted by Gasteiger charge is -2.32. The minimum Gasteiger partial charge on any atom is -0.464 e. The summed E-state index contributed by atoms with van der Waals surface area (Å²) in [5.74, 6) is -0.659. The molecule has 1 unspecified atom stereocenters. The quantitative estimate of drug-likeness (QED) is 0.378. The van der Waals surface area contributed by atoms with Crippen molar-refractivity contribution in [3.63, 3.8) is 0 Å². The van der Waals surface area contributed by atoms with Crippen LogP contribution in [0.3, 0.4) is 0 Å². The predicted molar refractivity (Wildman–Crippen MR) is 130 cm³/mol. The molecule has 1 aliphatic heterocycles. The zero-order chi connectivity index (χ0) is 25.0. The van der Waals surface area contributed by atoms with E-state index in [0.717, 1.165) is 11.1 Å². The standard InChI is InChI=1S/C27H34N2O6/c1-3-34-26(31)24(15-17-33-19-22-10-6-4-7-11-22)29-18-21(2)28(16-14-25(29)30)27(32)35-20-23-12-8-5-9-13-23/h4-13,21,24H,3,14-20H2,1-2H3/t21?,24-/m0/s1. The molecular weight excluding hydrogens is 448 g/mol. The number of hydrogen-bond acceptors (Lipinski definition) is 6. The first kappa shape index (κ1) is 26.2. The number of rotatable bonds is 10. The van der Waals surface area contributed by atoms with Crippen LogP contribution in [0.4, 0.5) is 4.79 Å². The van der Waals surface area contributed by atoms with Crippen molar-refractivity contribution >= 4 is 18.0 Å². The van der Waals surface area contributed by atoms with Crippen molar-refractivity contribution in [3.8, 4) is 0 Å². The normalized spacial score (nSPS) is 17.0. The van der Waals surface area contributed by atoms with Gasteiger partial charge in [0.1, 0.15) is 12.6 Å². The molecule has 2 atom stereocenters. The average Bonchev–Trinajstić information content (AvgIpc) is 3.02. The summed E-state index contributed by atoms with van der Waals surface area (Å²) in [4.78, 5) is 41.6. The van der Waals surface area contributed by atoms with Crippen LogP contribution in [0.25, 0.3) is 0 Å². The molecule has 0 bridgehead atoms. The fourth-order valence-corrected chi connectivity index (χ4v) is 4.04. The van der Waals surface area contributed by atoms with E-state index >= 15 is 0 Å². The van der Waals surface area contributed by atoms with Gasteiger partial charge in [0, 0.05) is 38.6 Å². The van der Waals surface area contributed by atoms with Gasteiger partial charge in [-0.05, 0) is 25.0 Å². The first-order valence-corrected chi connectivity index (χ1v) is 12.0. The van der Waals surface area contributed by atoms with Gasteiger partial charge < -0.3 is 24.0 Å². The van der Waals surface area contributed by atoms with E-state index in [0.29, 0.717) is 19.6 Å². The summed E-state index contributed by atoms with van der Waals surface area (Å²) in [5, 5.41) is 0. The van der Waals surface area contributed by atoms with Gasteiger partial charge in [0.05, 0.1) is 13.2 Å². The molecule has 0 saturated carbocycles. The van der Waals surface area contributed by atoms with Crippen LogP contribution in [-0.4, -0.2) is 66.2 Å². The maximum Gasteiger partial charge on any atom is 0.410 e. The van der Waals surface area contributed by atoms with Crippen LogP contribution in [0.2, 0.25) is 0 Å². The summed E-state index contributed by atoms with van der Waals surface area (Å²) in [6.07, 6.45) is -0.0661. The van der Waals surface area contributed by atoms with Crippen LogP contribution < -0.4 is 0 Å². The number of carbonyl (C=O) groups is 3. The van der Waals surface area contributed by atoms with Crippen molar-refractivity contribution in [2.45, 2.75) is 52.0 Å². The Balaban J connectivity index is 1.60. The zero-order valence-corrected chi connectivity index (χ0v) is 20.4. The lowest BCUT2D eigenvalue weighted by Crippen LogP contribution is -2.50. The molecule has 8 heteroatoms.